The number of esters is 1. The van der Waals surface area contributed by atoms with E-state index in [2.05, 4.69) is 5.32 Å². The lowest BCUT2D eigenvalue weighted by Gasteiger charge is -2.07. The number of hydrogen-bond acceptors (Lipinski definition) is 4. The van der Waals surface area contributed by atoms with Crippen molar-refractivity contribution >= 4 is 40.8 Å². The van der Waals surface area contributed by atoms with Crippen molar-refractivity contribution in [1.82, 2.24) is 0 Å². The van der Waals surface area contributed by atoms with E-state index in [1.54, 1.807) is 0 Å². The van der Waals surface area contributed by atoms with E-state index < -0.39 is 18.5 Å². The van der Waals surface area contributed by atoms with Gasteiger partial charge in [-0.2, -0.15) is 0 Å². The average Bonchev–Trinajstić information content (AvgIpc) is 2.43. The molecule has 0 aliphatic carbocycles. The Hall–Kier alpha value is -2.24. The highest BCUT2D eigenvalue weighted by Gasteiger charge is 2.11. The van der Waals surface area contributed by atoms with Gasteiger partial charge < -0.3 is 15.2 Å². The molecule has 2 rings (SSSR count). The van der Waals surface area contributed by atoms with Crippen molar-refractivity contribution in [1.29, 1.82) is 0 Å². The number of hydrogen-bond donors (Lipinski definition) is 2. The molecule has 5 nitrogen and oxygen atoms in total. The number of rotatable bonds is 4. The molecule has 0 saturated carbocycles. The summed E-state index contributed by atoms with van der Waals surface area (Å²) in [5, 5.41) is 12.5. The smallest absolute Gasteiger partial charge is 0.338 e. The molecule has 0 aromatic heterocycles. The monoisotopic (exact) mass is 339 g/mol. The van der Waals surface area contributed by atoms with E-state index in [1.807, 2.05) is 0 Å². The van der Waals surface area contributed by atoms with E-state index in [0.29, 0.717) is 15.7 Å². The second-order valence-electron chi connectivity index (χ2n) is 4.33. The maximum absolute atomic E-state index is 11.7. The highest BCUT2D eigenvalue weighted by Crippen LogP contribution is 2.22. The van der Waals surface area contributed by atoms with Gasteiger partial charge in [0.2, 0.25) is 0 Å². The molecule has 7 heteroatoms. The fraction of sp³-hybridized carbons (Fsp3) is 0.0667. The van der Waals surface area contributed by atoms with Gasteiger partial charge in [-0.15, -0.1) is 0 Å². The molecule has 1 amide bonds. The molecule has 0 atom stereocenters. The molecular formula is C15H11Cl2NO4. The third-order valence-electron chi connectivity index (χ3n) is 2.56. The Labute approximate surface area is 136 Å². The summed E-state index contributed by atoms with van der Waals surface area (Å²) in [7, 11) is 0. The number of nitrogens with one attached hydrogen (secondary N) is 1. The first kappa shape index (κ1) is 16.1. The van der Waals surface area contributed by atoms with Gasteiger partial charge in [0.15, 0.2) is 6.61 Å². The molecule has 2 N–H and O–H groups in total. The fourth-order valence-corrected chi connectivity index (χ4v) is 2.20. The zero-order valence-corrected chi connectivity index (χ0v) is 12.7. The SMILES string of the molecule is O=C(COC(=O)c1cccc(O)c1)Nc1cc(Cl)cc(Cl)c1. The lowest BCUT2D eigenvalue weighted by molar-refractivity contribution is -0.119. The van der Waals surface area contributed by atoms with E-state index in [-0.39, 0.29) is 11.3 Å². The number of carbonyl (C=O) groups is 2. The van der Waals surface area contributed by atoms with E-state index >= 15 is 0 Å². The largest absolute Gasteiger partial charge is 0.508 e. The zero-order valence-electron chi connectivity index (χ0n) is 11.2. The van der Waals surface area contributed by atoms with Gasteiger partial charge in [-0.3, -0.25) is 4.79 Å². The number of amides is 1. The minimum Gasteiger partial charge on any atom is -0.508 e. The molecule has 0 heterocycles. The van der Waals surface area contributed by atoms with Crippen LogP contribution in [0.2, 0.25) is 10.0 Å². The second-order valence-corrected chi connectivity index (χ2v) is 5.21. The topological polar surface area (TPSA) is 75.6 Å². The lowest BCUT2D eigenvalue weighted by atomic mass is 10.2. The van der Waals surface area contributed by atoms with Crippen molar-refractivity contribution in [2.24, 2.45) is 0 Å². The molecule has 22 heavy (non-hydrogen) atoms. The van der Waals surface area contributed by atoms with Crippen molar-refractivity contribution in [3.8, 4) is 5.75 Å². The molecule has 0 saturated heterocycles. The van der Waals surface area contributed by atoms with E-state index in [1.165, 1.54) is 42.5 Å². The van der Waals surface area contributed by atoms with Crippen LogP contribution in [0.5, 0.6) is 5.75 Å². The van der Waals surface area contributed by atoms with Gasteiger partial charge in [0, 0.05) is 15.7 Å². The van der Waals surface area contributed by atoms with Crippen LogP contribution in [0.4, 0.5) is 5.69 Å². The number of carbonyl (C=O) groups excluding carboxylic acids is 2. The van der Waals surface area contributed by atoms with Gasteiger partial charge in [0.1, 0.15) is 5.75 Å². The maximum Gasteiger partial charge on any atom is 0.338 e. The Bertz CT molecular complexity index is 698. The van der Waals surface area contributed by atoms with Gasteiger partial charge in [0.05, 0.1) is 5.56 Å². The predicted octanol–water partition coefficient (Wildman–Crippen LogP) is 3.49. The molecule has 114 valence electrons. The zero-order chi connectivity index (χ0) is 16.1. The van der Waals surface area contributed by atoms with Crippen LogP contribution >= 0.6 is 23.2 Å². The first-order chi connectivity index (χ1) is 10.4. The quantitative estimate of drug-likeness (QED) is 0.836. The molecule has 2 aromatic rings. The van der Waals surface area contributed by atoms with E-state index in [9.17, 15) is 14.7 Å². The Morgan fingerprint density at radius 1 is 1.09 bits per heavy atom. The fourth-order valence-electron chi connectivity index (χ4n) is 1.67. The van der Waals surface area contributed by atoms with Gasteiger partial charge in [-0.25, -0.2) is 4.79 Å². The van der Waals surface area contributed by atoms with Crippen molar-refractivity contribution in [2.75, 3.05) is 11.9 Å². The summed E-state index contributed by atoms with van der Waals surface area (Å²) in [6.07, 6.45) is 0. The number of ether oxygens (including phenoxy) is 1. The first-order valence-electron chi connectivity index (χ1n) is 6.16. The second kappa shape index (κ2) is 7.15. The number of anilines is 1. The third kappa shape index (κ3) is 4.65. The molecule has 0 unspecified atom stereocenters. The first-order valence-corrected chi connectivity index (χ1v) is 6.92. The van der Waals surface area contributed by atoms with Crippen molar-refractivity contribution in [3.05, 3.63) is 58.1 Å². The highest BCUT2D eigenvalue weighted by molar-refractivity contribution is 6.35. The predicted molar refractivity (Wildman–Crippen MR) is 83.5 cm³/mol. The van der Waals surface area contributed by atoms with Gasteiger partial charge in [0.25, 0.3) is 5.91 Å². The van der Waals surface area contributed by atoms with Crippen LogP contribution in [-0.4, -0.2) is 23.6 Å². The standard InChI is InChI=1S/C15H11Cl2NO4/c16-10-5-11(17)7-12(6-10)18-14(20)8-22-15(21)9-2-1-3-13(19)4-9/h1-7,19H,8H2,(H,18,20). The third-order valence-corrected chi connectivity index (χ3v) is 3.00. The van der Waals surface area contributed by atoms with Crippen LogP contribution in [0.3, 0.4) is 0 Å². The Kier molecular flexibility index (Phi) is 5.25. The highest BCUT2D eigenvalue weighted by atomic mass is 35.5. The van der Waals surface area contributed by atoms with E-state index in [0.717, 1.165) is 0 Å². The van der Waals surface area contributed by atoms with E-state index in [4.69, 9.17) is 27.9 Å². The average molecular weight is 340 g/mol. The number of phenols is 1. The lowest BCUT2D eigenvalue weighted by Crippen LogP contribution is -2.20. The molecule has 0 aliphatic rings. The van der Waals surface area contributed by atoms with Crippen LogP contribution in [0.15, 0.2) is 42.5 Å². The normalized spacial score (nSPS) is 10.1. The van der Waals surface area contributed by atoms with Crippen molar-refractivity contribution in [2.45, 2.75) is 0 Å². The number of halogens is 2. The molecular weight excluding hydrogens is 329 g/mol. The summed E-state index contributed by atoms with van der Waals surface area (Å²) in [6.45, 7) is -0.474. The summed E-state index contributed by atoms with van der Waals surface area (Å²) in [5.41, 5.74) is 0.550. The van der Waals surface area contributed by atoms with Gasteiger partial charge in [-0.05, 0) is 36.4 Å². The molecule has 0 aliphatic heterocycles. The van der Waals surface area contributed by atoms with Crippen molar-refractivity contribution < 1.29 is 19.4 Å². The van der Waals surface area contributed by atoms with Gasteiger partial charge >= 0.3 is 5.97 Å². The maximum atomic E-state index is 11.7. The molecule has 0 spiro atoms. The van der Waals surface area contributed by atoms with Crippen LogP contribution in [-0.2, 0) is 9.53 Å². The summed E-state index contributed by atoms with van der Waals surface area (Å²) in [5.74, 6) is -1.31. The summed E-state index contributed by atoms with van der Waals surface area (Å²) < 4.78 is 4.85. The van der Waals surface area contributed by atoms with Gasteiger partial charge in [-0.1, -0.05) is 29.3 Å². The Morgan fingerprint density at radius 3 is 2.41 bits per heavy atom. The number of phenolic OH excluding ortho intramolecular Hbond substituents is 1. The molecule has 0 fully saturated rings. The summed E-state index contributed by atoms with van der Waals surface area (Å²) in [6, 6.07) is 10.2. The molecule has 0 bridgehead atoms. The molecule has 0 radical (unpaired) electrons. The molecule has 2 aromatic carbocycles. The van der Waals surface area contributed by atoms with Crippen molar-refractivity contribution in [3.63, 3.8) is 0 Å². The van der Waals surface area contributed by atoms with Crippen LogP contribution in [0, 0.1) is 0 Å². The number of benzene rings is 2. The van der Waals surface area contributed by atoms with Crippen LogP contribution in [0.1, 0.15) is 10.4 Å². The number of aromatic hydroxyl groups is 1. The Morgan fingerprint density at radius 2 is 1.77 bits per heavy atom. The van der Waals surface area contributed by atoms with Crippen LogP contribution < -0.4 is 5.32 Å². The minimum absolute atomic E-state index is 0.0625. The summed E-state index contributed by atoms with van der Waals surface area (Å²) in [4.78, 5) is 23.4. The Balaban J connectivity index is 1.91. The summed E-state index contributed by atoms with van der Waals surface area (Å²) >= 11 is 11.6. The van der Waals surface area contributed by atoms with Crippen LogP contribution in [0.25, 0.3) is 0 Å². The minimum atomic E-state index is -0.713.